The molecule has 0 heterocycles. The van der Waals surface area contributed by atoms with Crippen molar-refractivity contribution in [1.29, 1.82) is 0 Å². The van der Waals surface area contributed by atoms with Gasteiger partial charge >= 0.3 is 0 Å². The molecule has 0 aromatic heterocycles. The van der Waals surface area contributed by atoms with Crippen molar-refractivity contribution in [2.24, 2.45) is 0 Å². The molecule has 0 atom stereocenters. The van der Waals surface area contributed by atoms with Gasteiger partial charge in [0.15, 0.2) is 0 Å². The molecule has 0 bridgehead atoms. The van der Waals surface area contributed by atoms with Crippen molar-refractivity contribution in [3.8, 4) is 0 Å². The first-order valence-electron chi connectivity index (χ1n) is 1.53. The topological polar surface area (TPSA) is 61.3 Å². The Morgan fingerprint density at radius 1 is 1.86 bits per heavy atom. The Hall–Kier alpha value is -0.830. The smallest absolute Gasteiger partial charge is 0.298 e. The zero-order chi connectivity index (χ0) is 4.99. The van der Waals surface area contributed by atoms with Crippen LogP contribution in [0.15, 0.2) is 12.3 Å². The molecule has 0 spiro atoms. The molecule has 0 rings (SSSR count). The molecule has 0 aliphatic rings. The summed E-state index contributed by atoms with van der Waals surface area (Å²) < 4.78 is 4.17. The summed E-state index contributed by atoms with van der Waals surface area (Å²) in [5.74, 6) is 0.421. The summed E-state index contributed by atoms with van der Waals surface area (Å²) in [5, 5.41) is 0. The molecule has 0 saturated carbocycles. The van der Waals surface area contributed by atoms with Crippen LogP contribution in [0, 0.1) is 0 Å². The van der Waals surface area contributed by atoms with Crippen LogP contribution in [0.25, 0.3) is 0 Å². The van der Waals surface area contributed by atoms with Crippen molar-refractivity contribution in [3.63, 3.8) is 0 Å². The lowest BCUT2D eigenvalue weighted by Gasteiger charge is -1.86. The van der Waals surface area contributed by atoms with Gasteiger partial charge in [-0.2, -0.15) is 0 Å². The minimum absolute atomic E-state index is 0. The molecule has 0 aromatic rings. The van der Waals surface area contributed by atoms with Crippen LogP contribution in [0.2, 0.25) is 0 Å². The zero-order valence-electron chi connectivity index (χ0n) is 4.31. The van der Waals surface area contributed by atoms with E-state index >= 15 is 0 Å². The lowest BCUT2D eigenvalue weighted by molar-refractivity contribution is -0.124. The van der Waals surface area contributed by atoms with Crippen LogP contribution >= 0.6 is 0 Å². The Labute approximate surface area is 42.6 Å². The molecule has 7 heavy (non-hydrogen) atoms. The summed E-state index contributed by atoms with van der Waals surface area (Å²) in [5.41, 5.74) is 0. The minimum Gasteiger partial charge on any atom is -0.434 e. The summed E-state index contributed by atoms with van der Waals surface area (Å²) in [6.45, 7) is 5.25. The van der Waals surface area contributed by atoms with Crippen molar-refractivity contribution >= 4 is 6.47 Å². The van der Waals surface area contributed by atoms with Crippen LogP contribution in [-0.2, 0) is 9.53 Å². The van der Waals surface area contributed by atoms with E-state index in [1.54, 1.807) is 6.92 Å². The highest BCUT2D eigenvalue weighted by atomic mass is 16.5. The van der Waals surface area contributed by atoms with Gasteiger partial charge < -0.3 is 10.9 Å². The summed E-state index contributed by atoms with van der Waals surface area (Å²) in [6, 6.07) is 0. The SMILES string of the molecule is C=C(C)OC=O.N. The zero-order valence-corrected chi connectivity index (χ0v) is 4.31. The highest BCUT2D eigenvalue weighted by Gasteiger charge is 1.72. The van der Waals surface area contributed by atoms with Crippen molar-refractivity contribution in [2.75, 3.05) is 0 Å². The molecule has 3 nitrogen and oxygen atoms in total. The van der Waals surface area contributed by atoms with E-state index in [1.807, 2.05) is 0 Å². The number of hydrogen-bond donors (Lipinski definition) is 1. The van der Waals surface area contributed by atoms with Crippen LogP contribution in [0.4, 0.5) is 0 Å². The van der Waals surface area contributed by atoms with E-state index in [9.17, 15) is 4.79 Å². The Morgan fingerprint density at radius 3 is 2.29 bits per heavy atom. The van der Waals surface area contributed by atoms with Gasteiger partial charge in [-0.1, -0.05) is 6.58 Å². The maximum atomic E-state index is 9.33. The monoisotopic (exact) mass is 103 g/mol. The van der Waals surface area contributed by atoms with Gasteiger partial charge in [-0.3, -0.25) is 4.79 Å². The Bertz CT molecular complexity index is 70.1. The third-order valence-electron chi connectivity index (χ3n) is 0.249. The molecular formula is C4H9NO2. The normalized spacial score (nSPS) is 5.86. The predicted molar refractivity (Wildman–Crippen MR) is 27.0 cm³/mol. The highest BCUT2D eigenvalue weighted by molar-refractivity contribution is 5.39. The maximum Gasteiger partial charge on any atom is 0.298 e. The van der Waals surface area contributed by atoms with Crippen LogP contribution < -0.4 is 6.15 Å². The second kappa shape index (κ2) is 5.17. The number of allylic oxidation sites excluding steroid dienone is 1. The van der Waals surface area contributed by atoms with Crippen molar-refractivity contribution in [2.45, 2.75) is 6.92 Å². The molecule has 0 saturated heterocycles. The second-order valence-corrected chi connectivity index (χ2v) is 0.916. The van der Waals surface area contributed by atoms with Crippen molar-refractivity contribution in [1.82, 2.24) is 6.15 Å². The van der Waals surface area contributed by atoms with E-state index in [2.05, 4.69) is 11.3 Å². The molecule has 0 amide bonds. The van der Waals surface area contributed by atoms with Gasteiger partial charge in [0, 0.05) is 0 Å². The molecule has 0 aromatic carbocycles. The van der Waals surface area contributed by atoms with E-state index < -0.39 is 0 Å². The largest absolute Gasteiger partial charge is 0.434 e. The summed E-state index contributed by atoms with van der Waals surface area (Å²) >= 11 is 0. The highest BCUT2D eigenvalue weighted by Crippen LogP contribution is 1.81. The van der Waals surface area contributed by atoms with Gasteiger partial charge in [-0.05, 0) is 6.92 Å². The first-order valence-corrected chi connectivity index (χ1v) is 1.53. The third-order valence-corrected chi connectivity index (χ3v) is 0.249. The summed E-state index contributed by atoms with van der Waals surface area (Å²) in [6.07, 6.45) is 0. The Kier molecular flexibility index (Phi) is 7.00. The van der Waals surface area contributed by atoms with E-state index in [0.29, 0.717) is 12.2 Å². The average molecular weight is 103 g/mol. The van der Waals surface area contributed by atoms with Gasteiger partial charge in [0.05, 0.1) is 5.76 Å². The van der Waals surface area contributed by atoms with E-state index in [4.69, 9.17) is 0 Å². The number of ether oxygens (including phenoxy) is 1. The standard InChI is InChI=1S/C4H6O2.H3N/c1-4(2)6-3-5;/h3H,1H2,2H3;1H3. The van der Waals surface area contributed by atoms with E-state index in [-0.39, 0.29) is 6.15 Å². The first-order chi connectivity index (χ1) is 2.77. The number of carbonyl (C=O) groups is 1. The minimum atomic E-state index is 0. The van der Waals surface area contributed by atoms with Crippen molar-refractivity contribution in [3.05, 3.63) is 12.3 Å². The second-order valence-electron chi connectivity index (χ2n) is 0.916. The predicted octanol–water partition coefficient (Wildman–Crippen LogP) is 0.855. The van der Waals surface area contributed by atoms with Gasteiger partial charge in [-0.25, -0.2) is 0 Å². The first kappa shape index (κ1) is 9.48. The fraction of sp³-hybridized carbons (Fsp3) is 0.250. The van der Waals surface area contributed by atoms with E-state index in [1.165, 1.54) is 0 Å². The average Bonchev–Trinajstić information content (AvgIpc) is 1.35. The number of hydrogen-bond acceptors (Lipinski definition) is 3. The quantitative estimate of drug-likeness (QED) is 0.416. The molecule has 3 N–H and O–H groups in total. The van der Waals surface area contributed by atoms with Crippen LogP contribution in [-0.4, -0.2) is 6.47 Å². The molecule has 0 unspecified atom stereocenters. The van der Waals surface area contributed by atoms with Gasteiger partial charge in [0.1, 0.15) is 0 Å². The summed E-state index contributed by atoms with van der Waals surface area (Å²) in [4.78, 5) is 9.33. The number of carbonyl (C=O) groups excluding carboxylic acids is 1. The molecule has 42 valence electrons. The Morgan fingerprint density at radius 2 is 2.29 bits per heavy atom. The van der Waals surface area contributed by atoms with Crippen LogP contribution in [0.1, 0.15) is 6.92 Å². The lowest BCUT2D eigenvalue weighted by Crippen LogP contribution is -1.78. The maximum absolute atomic E-state index is 9.33. The fourth-order valence-corrected chi connectivity index (χ4v) is 0.0821. The van der Waals surface area contributed by atoms with Gasteiger partial charge in [0.25, 0.3) is 6.47 Å². The third kappa shape index (κ3) is 11.0. The number of rotatable bonds is 2. The van der Waals surface area contributed by atoms with Crippen LogP contribution in [0.3, 0.4) is 0 Å². The lowest BCUT2D eigenvalue weighted by atomic mass is 10.7. The molecule has 0 radical (unpaired) electrons. The molecular weight excluding hydrogens is 94.0 g/mol. The molecule has 3 heteroatoms. The van der Waals surface area contributed by atoms with Gasteiger partial charge in [-0.15, -0.1) is 0 Å². The molecule has 0 fully saturated rings. The van der Waals surface area contributed by atoms with Crippen LogP contribution in [0.5, 0.6) is 0 Å². The fourth-order valence-electron chi connectivity index (χ4n) is 0.0821. The Balaban J connectivity index is 0. The van der Waals surface area contributed by atoms with Gasteiger partial charge in [0.2, 0.25) is 0 Å². The summed E-state index contributed by atoms with van der Waals surface area (Å²) in [7, 11) is 0. The molecule has 0 aliphatic heterocycles. The van der Waals surface area contributed by atoms with E-state index in [0.717, 1.165) is 0 Å². The molecule has 0 aliphatic carbocycles. The van der Waals surface area contributed by atoms with Crippen molar-refractivity contribution < 1.29 is 9.53 Å².